The SMILES string of the molecule is Cc1cccc2c1OCC1CCC(c3ccccc3)C(C1C)n1n(C)c(=O)n1-2. The molecule has 2 aliphatic rings. The van der Waals surface area contributed by atoms with E-state index < -0.39 is 0 Å². The minimum atomic E-state index is -0.00140. The third-order valence-electron chi connectivity index (χ3n) is 6.87. The number of aromatic nitrogens is 3. The van der Waals surface area contributed by atoms with Gasteiger partial charge in [0.05, 0.1) is 12.6 Å². The third-order valence-corrected chi connectivity index (χ3v) is 6.87. The van der Waals surface area contributed by atoms with Gasteiger partial charge in [0, 0.05) is 13.0 Å². The molecule has 0 amide bonds. The highest BCUT2D eigenvalue weighted by Crippen LogP contribution is 2.48. The molecule has 1 aliphatic carbocycles. The molecule has 5 rings (SSSR count). The van der Waals surface area contributed by atoms with Crippen molar-refractivity contribution in [1.29, 1.82) is 0 Å². The molecule has 0 radical (unpaired) electrons. The minimum Gasteiger partial charge on any atom is -0.491 e. The summed E-state index contributed by atoms with van der Waals surface area (Å²) in [5, 5.41) is 0. The van der Waals surface area contributed by atoms with Crippen LogP contribution in [0.5, 0.6) is 5.75 Å². The van der Waals surface area contributed by atoms with Crippen LogP contribution in [0.2, 0.25) is 0 Å². The number of hydrogen-bond donors (Lipinski definition) is 0. The predicted octanol–water partition coefficient (Wildman–Crippen LogP) is 4.05. The van der Waals surface area contributed by atoms with Gasteiger partial charge in [-0.05, 0) is 48.8 Å². The molecule has 2 heterocycles. The second kappa shape index (κ2) is 6.43. The van der Waals surface area contributed by atoms with Gasteiger partial charge in [-0.25, -0.2) is 14.3 Å². The molecule has 3 aromatic rings. The molecule has 1 aliphatic heterocycles. The van der Waals surface area contributed by atoms with Crippen molar-refractivity contribution in [1.82, 2.24) is 14.2 Å². The van der Waals surface area contributed by atoms with Crippen molar-refractivity contribution in [2.75, 3.05) is 6.61 Å². The summed E-state index contributed by atoms with van der Waals surface area (Å²) in [4.78, 5) is 15.1. The maximum absolute atomic E-state index is 12.9. The average Bonchev–Trinajstić information content (AvgIpc) is 2.74. The fourth-order valence-corrected chi connectivity index (χ4v) is 5.28. The first-order valence-electron chi connectivity index (χ1n) is 10.2. The number of fused-ring (bicyclic) bond motifs is 6. The molecule has 2 bridgehead atoms. The Morgan fingerprint density at radius 3 is 2.61 bits per heavy atom. The fraction of sp³-hybridized carbons (Fsp3) is 0.435. The second-order valence-electron chi connectivity index (χ2n) is 8.38. The molecular formula is C23H27N3O2. The monoisotopic (exact) mass is 377 g/mol. The van der Waals surface area contributed by atoms with E-state index in [-0.39, 0.29) is 11.7 Å². The van der Waals surface area contributed by atoms with E-state index in [1.54, 1.807) is 4.68 Å². The van der Waals surface area contributed by atoms with Crippen molar-refractivity contribution in [3.63, 3.8) is 0 Å². The minimum absolute atomic E-state index is 0.00140. The zero-order chi connectivity index (χ0) is 19.4. The Hall–Kier alpha value is -2.69. The number of ether oxygens (including phenoxy) is 1. The van der Waals surface area contributed by atoms with E-state index in [2.05, 4.69) is 55.0 Å². The highest BCUT2D eigenvalue weighted by atomic mass is 16.5. The van der Waals surface area contributed by atoms with Crippen molar-refractivity contribution in [3.8, 4) is 11.4 Å². The lowest BCUT2D eigenvalue weighted by atomic mass is 9.69. The average molecular weight is 377 g/mol. The van der Waals surface area contributed by atoms with Crippen LogP contribution in [0, 0.1) is 18.8 Å². The number of benzene rings is 2. The molecule has 2 aromatic carbocycles. The topological polar surface area (TPSA) is 41.1 Å². The third kappa shape index (κ3) is 2.42. The van der Waals surface area contributed by atoms with Crippen LogP contribution in [0.25, 0.3) is 5.69 Å². The van der Waals surface area contributed by atoms with Crippen LogP contribution in [0.1, 0.15) is 42.9 Å². The number of aryl methyl sites for hydroxylation is 1. The molecule has 146 valence electrons. The normalized spacial score (nSPS) is 26.4. The lowest BCUT2D eigenvalue weighted by Gasteiger charge is -2.44. The predicted molar refractivity (Wildman–Crippen MR) is 109 cm³/mol. The first kappa shape index (κ1) is 17.4. The number of hydrogen-bond acceptors (Lipinski definition) is 2. The Balaban J connectivity index is 1.74. The van der Waals surface area contributed by atoms with Gasteiger partial charge in [0.2, 0.25) is 0 Å². The van der Waals surface area contributed by atoms with Crippen molar-refractivity contribution < 1.29 is 4.74 Å². The Morgan fingerprint density at radius 2 is 1.82 bits per heavy atom. The van der Waals surface area contributed by atoms with Gasteiger partial charge in [-0.3, -0.25) is 0 Å². The van der Waals surface area contributed by atoms with Crippen LogP contribution < -0.4 is 10.4 Å². The van der Waals surface area contributed by atoms with Crippen LogP contribution in [0.15, 0.2) is 53.3 Å². The van der Waals surface area contributed by atoms with Crippen LogP contribution in [0.3, 0.4) is 0 Å². The molecule has 1 aromatic heterocycles. The Bertz CT molecular complexity index is 1060. The first-order chi connectivity index (χ1) is 13.6. The van der Waals surface area contributed by atoms with Gasteiger partial charge in [-0.15, -0.1) is 0 Å². The van der Waals surface area contributed by atoms with Crippen molar-refractivity contribution in [2.24, 2.45) is 18.9 Å². The molecular weight excluding hydrogens is 350 g/mol. The van der Waals surface area contributed by atoms with E-state index in [0.717, 1.165) is 29.8 Å². The Morgan fingerprint density at radius 1 is 1.04 bits per heavy atom. The van der Waals surface area contributed by atoms with Gasteiger partial charge in [-0.1, -0.05) is 49.4 Å². The smallest absolute Gasteiger partial charge is 0.364 e. The molecule has 1 saturated carbocycles. The first-order valence-corrected chi connectivity index (χ1v) is 10.2. The van der Waals surface area contributed by atoms with Gasteiger partial charge in [0.15, 0.2) is 0 Å². The van der Waals surface area contributed by atoms with E-state index in [1.165, 1.54) is 5.56 Å². The van der Waals surface area contributed by atoms with Crippen LogP contribution in [-0.2, 0) is 7.05 Å². The second-order valence-corrected chi connectivity index (χ2v) is 8.38. The van der Waals surface area contributed by atoms with Crippen molar-refractivity contribution in [3.05, 3.63) is 70.1 Å². The molecule has 4 unspecified atom stereocenters. The zero-order valence-electron chi connectivity index (χ0n) is 16.7. The van der Waals surface area contributed by atoms with Gasteiger partial charge in [0.1, 0.15) is 11.4 Å². The summed E-state index contributed by atoms with van der Waals surface area (Å²) >= 11 is 0. The van der Waals surface area contributed by atoms with E-state index in [1.807, 2.05) is 23.9 Å². The summed E-state index contributed by atoms with van der Waals surface area (Å²) in [6.07, 6.45) is 2.25. The summed E-state index contributed by atoms with van der Waals surface area (Å²) in [5.41, 5.74) is 3.28. The van der Waals surface area contributed by atoms with E-state index in [4.69, 9.17) is 4.74 Å². The van der Waals surface area contributed by atoms with Crippen LogP contribution in [-0.4, -0.2) is 20.8 Å². The van der Waals surface area contributed by atoms with E-state index in [9.17, 15) is 4.79 Å². The van der Waals surface area contributed by atoms with Crippen LogP contribution >= 0.6 is 0 Å². The number of para-hydroxylation sites is 1. The standard InChI is InChI=1S/C23H27N3O2/c1-15-8-7-11-20-22(15)28-14-18-12-13-19(17-9-5-4-6-10-17)21(16(18)2)26-24(3)23(27)25(20)26/h4-11,16,18-19,21H,12-14H2,1-3H3. The quantitative estimate of drug-likeness (QED) is 0.642. The number of nitrogens with zero attached hydrogens (tertiary/aromatic N) is 3. The molecule has 0 N–H and O–H groups in total. The van der Waals surface area contributed by atoms with Gasteiger partial charge in [0.25, 0.3) is 0 Å². The molecule has 0 spiro atoms. The maximum atomic E-state index is 12.9. The fourth-order valence-electron chi connectivity index (χ4n) is 5.28. The highest BCUT2D eigenvalue weighted by Gasteiger charge is 2.43. The Labute approximate surface area is 165 Å². The van der Waals surface area contributed by atoms with Crippen LogP contribution in [0.4, 0.5) is 0 Å². The van der Waals surface area contributed by atoms with Gasteiger partial charge >= 0.3 is 5.69 Å². The van der Waals surface area contributed by atoms with E-state index in [0.29, 0.717) is 24.4 Å². The zero-order valence-corrected chi connectivity index (χ0v) is 16.7. The molecule has 5 nitrogen and oxygen atoms in total. The summed E-state index contributed by atoms with van der Waals surface area (Å²) in [6.45, 7) is 5.08. The summed E-state index contributed by atoms with van der Waals surface area (Å²) in [6, 6.07) is 17.0. The highest BCUT2D eigenvalue weighted by molar-refractivity contribution is 5.51. The molecule has 28 heavy (non-hydrogen) atoms. The largest absolute Gasteiger partial charge is 0.491 e. The molecule has 0 saturated heterocycles. The molecule has 4 atom stereocenters. The lowest BCUT2D eigenvalue weighted by Crippen LogP contribution is -2.53. The lowest BCUT2D eigenvalue weighted by molar-refractivity contribution is 0.0622. The summed E-state index contributed by atoms with van der Waals surface area (Å²) in [5.74, 6) is 2.11. The molecule has 5 heteroatoms. The van der Waals surface area contributed by atoms with Gasteiger partial charge < -0.3 is 4.74 Å². The Kier molecular flexibility index (Phi) is 4.00. The van der Waals surface area contributed by atoms with Crippen molar-refractivity contribution >= 4 is 0 Å². The number of rotatable bonds is 1. The van der Waals surface area contributed by atoms with Crippen molar-refractivity contribution in [2.45, 2.75) is 38.6 Å². The van der Waals surface area contributed by atoms with E-state index >= 15 is 0 Å². The summed E-state index contributed by atoms with van der Waals surface area (Å²) < 4.78 is 9.93. The maximum Gasteiger partial charge on any atom is 0.364 e. The molecule has 1 fully saturated rings. The van der Waals surface area contributed by atoms with Gasteiger partial charge in [-0.2, -0.15) is 4.68 Å². The summed E-state index contributed by atoms with van der Waals surface area (Å²) in [7, 11) is 1.88.